The molecule has 0 atom stereocenters. The molecule has 1 radical (unpaired) electrons. The first-order valence-corrected chi connectivity index (χ1v) is 4.11. The van der Waals surface area contributed by atoms with Crippen molar-refractivity contribution in [2.75, 3.05) is 0 Å². The zero-order chi connectivity index (χ0) is 9.42. The van der Waals surface area contributed by atoms with Gasteiger partial charge >= 0.3 is 5.97 Å². The van der Waals surface area contributed by atoms with Gasteiger partial charge in [0.15, 0.2) is 0 Å². The summed E-state index contributed by atoms with van der Waals surface area (Å²) in [6.45, 7) is 3.55. The smallest absolute Gasteiger partial charge is 0.344 e. The van der Waals surface area contributed by atoms with Gasteiger partial charge < -0.3 is 4.74 Å². The number of halogens is 1. The van der Waals surface area contributed by atoms with Gasteiger partial charge in [-0.15, -0.1) is 0 Å². The molecule has 0 N–H and O–H groups in total. The molecule has 65 valence electrons. The first-order valence-electron chi connectivity index (χ1n) is 3.74. The van der Waals surface area contributed by atoms with Crippen LogP contribution < -0.4 is 0 Å². The van der Waals surface area contributed by atoms with E-state index in [1.54, 1.807) is 18.2 Å². The van der Waals surface area contributed by atoms with Crippen molar-refractivity contribution in [3.63, 3.8) is 0 Å². The monoisotopic (exact) mass is 193 g/mol. The van der Waals surface area contributed by atoms with Crippen LogP contribution >= 0.6 is 11.6 Å². The summed E-state index contributed by atoms with van der Waals surface area (Å²) in [5.41, 5.74) is 1.26. The summed E-state index contributed by atoms with van der Waals surface area (Å²) in [6.07, 6.45) is 1.51. The lowest BCUT2D eigenvalue weighted by atomic mass is 10.1. The molecule has 13 heavy (non-hydrogen) atoms. The number of hydrogen-bond acceptors (Lipinski definition) is 2. The normalized spacial score (nSPS) is 17.4. The Hall–Kier alpha value is -1.28. The molecule has 2 nitrogen and oxygen atoms in total. The number of benzene rings is 1. The molecule has 1 aromatic rings. The van der Waals surface area contributed by atoms with Gasteiger partial charge in [-0.1, -0.05) is 11.6 Å². The highest BCUT2D eigenvalue weighted by Gasteiger charge is 2.25. The molecule has 0 spiro atoms. The van der Waals surface area contributed by atoms with Gasteiger partial charge in [-0.3, -0.25) is 0 Å². The van der Waals surface area contributed by atoms with Crippen LogP contribution in [0, 0.1) is 6.92 Å². The largest absolute Gasteiger partial charge is 0.423 e. The highest BCUT2D eigenvalue weighted by atomic mass is 35.5. The van der Waals surface area contributed by atoms with Crippen molar-refractivity contribution in [3.05, 3.63) is 47.3 Å². The molecule has 1 aliphatic rings. The van der Waals surface area contributed by atoms with E-state index in [0.717, 1.165) is 5.56 Å². The quantitative estimate of drug-likeness (QED) is 0.593. The maximum atomic E-state index is 11.2. The number of cyclic esters (lactones) is 1. The highest BCUT2D eigenvalue weighted by Crippen LogP contribution is 2.31. The van der Waals surface area contributed by atoms with Crippen molar-refractivity contribution in [1.82, 2.24) is 0 Å². The van der Waals surface area contributed by atoms with Crippen LogP contribution in [0.4, 0.5) is 0 Å². The molecule has 0 unspecified atom stereocenters. The van der Waals surface area contributed by atoms with E-state index in [1.807, 2.05) is 0 Å². The number of fused-ring (bicyclic) bond motifs is 1. The lowest BCUT2D eigenvalue weighted by Gasteiger charge is -1.95. The molecule has 1 aliphatic heterocycles. The minimum absolute atomic E-state index is 0.368. The molecule has 0 amide bonds. The van der Waals surface area contributed by atoms with E-state index in [2.05, 4.69) is 6.92 Å². The molecule has 1 heterocycles. The average molecular weight is 194 g/mol. The fourth-order valence-corrected chi connectivity index (χ4v) is 1.43. The number of esters is 1. The Morgan fingerprint density at radius 2 is 2.15 bits per heavy atom. The lowest BCUT2D eigenvalue weighted by molar-refractivity contribution is 0.0716. The van der Waals surface area contributed by atoms with Crippen LogP contribution in [0.3, 0.4) is 0 Å². The second-order valence-corrected chi connectivity index (χ2v) is 3.08. The van der Waals surface area contributed by atoms with Crippen LogP contribution in [-0.4, -0.2) is 5.97 Å². The van der Waals surface area contributed by atoms with Crippen LogP contribution in [0.5, 0.6) is 0 Å². The minimum Gasteiger partial charge on any atom is -0.423 e. The molecule has 1 aromatic carbocycles. The molecule has 3 heteroatoms. The summed E-state index contributed by atoms with van der Waals surface area (Å²) in [7, 11) is 0. The van der Waals surface area contributed by atoms with E-state index in [1.165, 1.54) is 6.08 Å². The third kappa shape index (κ3) is 1.23. The van der Waals surface area contributed by atoms with Gasteiger partial charge in [0, 0.05) is 10.6 Å². The Morgan fingerprint density at radius 3 is 2.85 bits per heavy atom. The van der Waals surface area contributed by atoms with E-state index in [-0.39, 0.29) is 5.97 Å². The second kappa shape index (κ2) is 2.89. The Bertz CT molecular complexity index is 407. The summed E-state index contributed by atoms with van der Waals surface area (Å²) in [5, 5.41) is 0.529. The third-order valence-electron chi connectivity index (χ3n) is 1.86. The van der Waals surface area contributed by atoms with Crippen LogP contribution in [-0.2, 0) is 4.74 Å². The number of carbonyl (C=O) groups is 1. The maximum absolute atomic E-state index is 11.2. The fraction of sp³-hybridized carbons (Fsp3) is 0. The maximum Gasteiger partial charge on any atom is 0.344 e. The molecule has 0 saturated heterocycles. The summed E-state index contributed by atoms with van der Waals surface area (Å²) < 4.78 is 4.94. The number of allylic oxidation sites excluding steroid dienone is 1. The average Bonchev–Trinajstić information content (AvgIpc) is 2.43. The topological polar surface area (TPSA) is 26.3 Å². The Balaban J connectivity index is 2.65. The predicted molar refractivity (Wildman–Crippen MR) is 50.2 cm³/mol. The first kappa shape index (κ1) is 8.32. The van der Waals surface area contributed by atoms with Crippen LogP contribution in [0.1, 0.15) is 15.9 Å². The van der Waals surface area contributed by atoms with Crippen LogP contribution in [0.25, 0.3) is 5.76 Å². The van der Waals surface area contributed by atoms with E-state index >= 15 is 0 Å². The zero-order valence-electron chi connectivity index (χ0n) is 6.71. The van der Waals surface area contributed by atoms with E-state index in [4.69, 9.17) is 16.3 Å². The minimum atomic E-state index is -0.368. The van der Waals surface area contributed by atoms with E-state index < -0.39 is 0 Å². The zero-order valence-corrected chi connectivity index (χ0v) is 7.47. The predicted octanol–water partition coefficient (Wildman–Crippen LogP) is 2.69. The highest BCUT2D eigenvalue weighted by molar-refractivity contribution is 6.31. The van der Waals surface area contributed by atoms with Gasteiger partial charge in [0.05, 0.1) is 5.56 Å². The molecule has 0 aromatic heterocycles. The number of rotatable bonds is 0. The third-order valence-corrected chi connectivity index (χ3v) is 2.09. The van der Waals surface area contributed by atoms with E-state index in [0.29, 0.717) is 16.3 Å². The van der Waals surface area contributed by atoms with Gasteiger partial charge in [0.1, 0.15) is 5.76 Å². The fourth-order valence-electron chi connectivity index (χ4n) is 1.26. The molecule has 2 rings (SSSR count). The van der Waals surface area contributed by atoms with Crippen molar-refractivity contribution in [2.24, 2.45) is 0 Å². The van der Waals surface area contributed by atoms with Crippen molar-refractivity contribution in [3.8, 4) is 0 Å². The Kier molecular flexibility index (Phi) is 1.85. The summed E-state index contributed by atoms with van der Waals surface area (Å²) >= 11 is 5.74. The Morgan fingerprint density at radius 1 is 1.38 bits per heavy atom. The molecule has 0 bridgehead atoms. The molecular formula is C10H6ClO2. The summed E-state index contributed by atoms with van der Waals surface area (Å²) in [5.74, 6) is 0.129. The molecule has 0 aliphatic carbocycles. The number of hydrogen-bond donors (Lipinski definition) is 0. The van der Waals surface area contributed by atoms with Gasteiger partial charge in [-0.05, 0) is 31.2 Å². The van der Waals surface area contributed by atoms with Gasteiger partial charge in [0.25, 0.3) is 0 Å². The number of carbonyl (C=O) groups excluding carboxylic acids is 1. The summed E-state index contributed by atoms with van der Waals surface area (Å²) in [4.78, 5) is 11.2. The SMILES string of the molecule is [CH2]C=C1OC(=O)c2cc(Cl)ccc21. The summed E-state index contributed by atoms with van der Waals surface area (Å²) in [6, 6.07) is 5.06. The standard InChI is InChI=1S/C10H6ClO2/c1-2-9-7-4-3-6(11)5-8(7)10(12)13-9/h2-5H,1H2. The second-order valence-electron chi connectivity index (χ2n) is 2.65. The molecular weight excluding hydrogens is 188 g/mol. The molecule has 0 fully saturated rings. The van der Waals surface area contributed by atoms with Gasteiger partial charge in [-0.25, -0.2) is 4.79 Å². The van der Waals surface area contributed by atoms with Crippen molar-refractivity contribution >= 4 is 23.3 Å². The van der Waals surface area contributed by atoms with Crippen molar-refractivity contribution < 1.29 is 9.53 Å². The van der Waals surface area contributed by atoms with Gasteiger partial charge in [0.2, 0.25) is 0 Å². The van der Waals surface area contributed by atoms with Crippen molar-refractivity contribution in [2.45, 2.75) is 0 Å². The van der Waals surface area contributed by atoms with Crippen molar-refractivity contribution in [1.29, 1.82) is 0 Å². The molecule has 0 saturated carbocycles. The van der Waals surface area contributed by atoms with Crippen LogP contribution in [0.2, 0.25) is 5.02 Å². The van der Waals surface area contributed by atoms with Crippen LogP contribution in [0.15, 0.2) is 24.3 Å². The first-order chi connectivity index (χ1) is 6.22. The number of ether oxygens (including phenoxy) is 1. The Labute approximate surface area is 80.8 Å². The lowest BCUT2D eigenvalue weighted by Crippen LogP contribution is -1.92. The van der Waals surface area contributed by atoms with Gasteiger partial charge in [-0.2, -0.15) is 0 Å². The van der Waals surface area contributed by atoms with E-state index in [9.17, 15) is 4.79 Å².